The number of aliphatic hydroxyl groups excluding tert-OH is 1. The molecule has 0 fully saturated rings. The number of thiazole rings is 1. The number of hydrogen-bond donors (Lipinski definition) is 1. The quantitative estimate of drug-likeness (QED) is 0.925. The van der Waals surface area contributed by atoms with Crippen LogP contribution in [-0.4, -0.2) is 10.1 Å². The molecule has 1 heterocycles. The number of hydrogen-bond acceptors (Lipinski definition) is 3. The molecular formula is C11H9Cl2NOS. The van der Waals surface area contributed by atoms with Gasteiger partial charge >= 0.3 is 0 Å². The SMILES string of the molecule is OC(Cc1cc(Cl)ccc1Cl)c1cncs1. The molecule has 1 N–H and O–H groups in total. The topological polar surface area (TPSA) is 33.1 Å². The molecule has 0 bridgehead atoms. The van der Waals surface area contributed by atoms with Crippen molar-refractivity contribution < 1.29 is 5.11 Å². The largest absolute Gasteiger partial charge is 0.387 e. The van der Waals surface area contributed by atoms with Gasteiger partial charge in [-0.1, -0.05) is 23.2 Å². The fourth-order valence-corrected chi connectivity index (χ4v) is 2.39. The molecule has 16 heavy (non-hydrogen) atoms. The summed E-state index contributed by atoms with van der Waals surface area (Å²) in [7, 11) is 0. The Balaban J connectivity index is 2.17. The minimum atomic E-state index is -0.580. The Morgan fingerprint density at radius 2 is 2.19 bits per heavy atom. The smallest absolute Gasteiger partial charge is 0.0938 e. The molecule has 0 radical (unpaired) electrons. The first-order valence-corrected chi connectivity index (χ1v) is 6.31. The van der Waals surface area contributed by atoms with Crippen LogP contribution in [0.3, 0.4) is 0 Å². The van der Waals surface area contributed by atoms with Crippen molar-refractivity contribution in [3.05, 3.63) is 50.4 Å². The summed E-state index contributed by atoms with van der Waals surface area (Å²) < 4.78 is 0. The third-order valence-corrected chi connectivity index (χ3v) is 3.68. The molecule has 2 nitrogen and oxygen atoms in total. The van der Waals surface area contributed by atoms with E-state index in [0.717, 1.165) is 10.4 Å². The Morgan fingerprint density at radius 1 is 1.38 bits per heavy atom. The van der Waals surface area contributed by atoms with Gasteiger partial charge in [0.1, 0.15) is 0 Å². The lowest BCUT2D eigenvalue weighted by molar-refractivity contribution is 0.182. The maximum atomic E-state index is 9.95. The van der Waals surface area contributed by atoms with E-state index in [1.54, 1.807) is 29.9 Å². The van der Waals surface area contributed by atoms with Gasteiger partial charge in [0.2, 0.25) is 0 Å². The van der Waals surface area contributed by atoms with Gasteiger partial charge < -0.3 is 5.11 Å². The Bertz CT molecular complexity index is 473. The van der Waals surface area contributed by atoms with Crippen molar-refractivity contribution in [2.45, 2.75) is 12.5 Å². The molecule has 0 spiro atoms. The third kappa shape index (κ3) is 2.74. The molecule has 0 aliphatic rings. The molecule has 1 unspecified atom stereocenters. The number of halogens is 2. The lowest BCUT2D eigenvalue weighted by atomic mass is 10.1. The van der Waals surface area contributed by atoms with Gasteiger partial charge in [-0.05, 0) is 23.8 Å². The average molecular weight is 274 g/mol. The Morgan fingerprint density at radius 3 is 2.88 bits per heavy atom. The third-order valence-electron chi connectivity index (χ3n) is 2.20. The molecule has 1 aromatic carbocycles. The van der Waals surface area contributed by atoms with E-state index in [4.69, 9.17) is 23.2 Å². The van der Waals surface area contributed by atoms with E-state index < -0.39 is 6.10 Å². The van der Waals surface area contributed by atoms with Gasteiger partial charge in [0, 0.05) is 22.7 Å². The first-order chi connectivity index (χ1) is 7.66. The summed E-state index contributed by atoms with van der Waals surface area (Å²) in [6.07, 6.45) is 1.53. The van der Waals surface area contributed by atoms with Gasteiger partial charge in [0.25, 0.3) is 0 Å². The fraction of sp³-hybridized carbons (Fsp3) is 0.182. The van der Waals surface area contributed by atoms with Crippen LogP contribution in [0, 0.1) is 0 Å². The van der Waals surface area contributed by atoms with E-state index in [-0.39, 0.29) is 0 Å². The Hall–Kier alpha value is -0.610. The molecule has 84 valence electrons. The molecule has 0 saturated heterocycles. The summed E-state index contributed by atoms with van der Waals surface area (Å²) in [6, 6.07) is 5.24. The zero-order valence-electron chi connectivity index (χ0n) is 8.23. The number of aromatic nitrogens is 1. The minimum absolute atomic E-state index is 0.446. The molecule has 1 aromatic heterocycles. The second kappa shape index (κ2) is 5.15. The van der Waals surface area contributed by atoms with Gasteiger partial charge in [-0.3, -0.25) is 4.98 Å². The van der Waals surface area contributed by atoms with Crippen LogP contribution >= 0.6 is 34.5 Å². The fourth-order valence-electron chi connectivity index (χ4n) is 1.40. The minimum Gasteiger partial charge on any atom is -0.387 e. The number of aliphatic hydroxyl groups is 1. The van der Waals surface area contributed by atoms with Crippen molar-refractivity contribution in [2.75, 3.05) is 0 Å². The lowest BCUT2D eigenvalue weighted by Gasteiger charge is -2.09. The second-order valence-corrected chi connectivity index (χ2v) is 5.12. The number of benzene rings is 1. The molecule has 0 aliphatic heterocycles. The molecule has 0 amide bonds. The van der Waals surface area contributed by atoms with Crippen molar-refractivity contribution in [1.82, 2.24) is 4.98 Å². The van der Waals surface area contributed by atoms with Crippen molar-refractivity contribution in [2.24, 2.45) is 0 Å². The zero-order chi connectivity index (χ0) is 11.5. The summed E-state index contributed by atoms with van der Waals surface area (Å²) in [5.41, 5.74) is 2.54. The van der Waals surface area contributed by atoms with E-state index in [9.17, 15) is 5.11 Å². The molecule has 2 rings (SSSR count). The highest BCUT2D eigenvalue weighted by Gasteiger charge is 2.12. The van der Waals surface area contributed by atoms with Crippen molar-refractivity contribution in [3.8, 4) is 0 Å². The second-order valence-electron chi connectivity index (χ2n) is 3.36. The molecular weight excluding hydrogens is 265 g/mol. The maximum Gasteiger partial charge on any atom is 0.0938 e. The summed E-state index contributed by atoms with van der Waals surface area (Å²) in [5.74, 6) is 0. The van der Waals surface area contributed by atoms with E-state index in [0.29, 0.717) is 16.5 Å². The summed E-state index contributed by atoms with van der Waals surface area (Å²) in [6.45, 7) is 0. The highest BCUT2D eigenvalue weighted by atomic mass is 35.5. The van der Waals surface area contributed by atoms with Crippen LogP contribution in [0.5, 0.6) is 0 Å². The van der Waals surface area contributed by atoms with E-state index in [1.165, 1.54) is 11.3 Å². The monoisotopic (exact) mass is 273 g/mol. The Labute approximate surface area is 107 Å². The van der Waals surface area contributed by atoms with Crippen molar-refractivity contribution in [1.29, 1.82) is 0 Å². The first kappa shape index (κ1) is 11.9. The van der Waals surface area contributed by atoms with Crippen LogP contribution < -0.4 is 0 Å². The number of nitrogens with zero attached hydrogens (tertiary/aromatic N) is 1. The molecule has 5 heteroatoms. The van der Waals surface area contributed by atoms with Crippen molar-refractivity contribution in [3.63, 3.8) is 0 Å². The van der Waals surface area contributed by atoms with Crippen LogP contribution in [0.1, 0.15) is 16.5 Å². The summed E-state index contributed by atoms with van der Waals surface area (Å²) >= 11 is 13.3. The summed E-state index contributed by atoms with van der Waals surface area (Å²) in [5, 5.41) is 11.2. The van der Waals surface area contributed by atoms with Gasteiger partial charge in [0.15, 0.2) is 0 Å². The van der Waals surface area contributed by atoms with Gasteiger partial charge in [-0.15, -0.1) is 11.3 Å². The van der Waals surface area contributed by atoms with Gasteiger partial charge in [-0.25, -0.2) is 0 Å². The van der Waals surface area contributed by atoms with Crippen LogP contribution in [0.15, 0.2) is 29.9 Å². The van der Waals surface area contributed by atoms with Crippen molar-refractivity contribution >= 4 is 34.5 Å². The molecule has 0 saturated carbocycles. The lowest BCUT2D eigenvalue weighted by Crippen LogP contribution is -2.00. The van der Waals surface area contributed by atoms with E-state index in [1.807, 2.05) is 0 Å². The first-order valence-electron chi connectivity index (χ1n) is 4.67. The standard InChI is InChI=1S/C11H9Cl2NOS/c12-8-1-2-9(13)7(3-8)4-10(15)11-5-14-6-16-11/h1-3,5-6,10,15H,4H2. The Kier molecular flexibility index (Phi) is 3.82. The predicted octanol–water partition coefficient (Wildman–Crippen LogP) is 3.73. The van der Waals surface area contributed by atoms with Crippen LogP contribution in [0.2, 0.25) is 10.0 Å². The predicted molar refractivity (Wildman–Crippen MR) is 67.2 cm³/mol. The summed E-state index contributed by atoms with van der Waals surface area (Å²) in [4.78, 5) is 4.75. The van der Waals surface area contributed by atoms with Gasteiger partial charge in [0.05, 0.1) is 16.5 Å². The molecule has 0 aliphatic carbocycles. The zero-order valence-corrected chi connectivity index (χ0v) is 10.6. The highest BCUT2D eigenvalue weighted by Crippen LogP contribution is 2.27. The normalized spacial score (nSPS) is 12.7. The molecule has 1 atom stereocenters. The van der Waals surface area contributed by atoms with Crippen LogP contribution in [-0.2, 0) is 6.42 Å². The van der Waals surface area contributed by atoms with Crippen LogP contribution in [0.4, 0.5) is 0 Å². The maximum absolute atomic E-state index is 9.95. The molecule has 2 aromatic rings. The van der Waals surface area contributed by atoms with Gasteiger partial charge in [-0.2, -0.15) is 0 Å². The average Bonchev–Trinajstić information content (AvgIpc) is 2.76. The van der Waals surface area contributed by atoms with E-state index in [2.05, 4.69) is 4.98 Å². The van der Waals surface area contributed by atoms with Crippen LogP contribution in [0.25, 0.3) is 0 Å². The highest BCUT2D eigenvalue weighted by molar-refractivity contribution is 7.09. The number of rotatable bonds is 3. The van der Waals surface area contributed by atoms with E-state index >= 15 is 0 Å².